The molecule has 0 radical (unpaired) electrons. The smallest absolute Gasteiger partial charge is 0.243 e. The molecule has 4 rings (SSSR count). The maximum absolute atomic E-state index is 12.9. The van der Waals surface area contributed by atoms with E-state index in [1.54, 1.807) is 22.5 Å². The summed E-state index contributed by atoms with van der Waals surface area (Å²) in [5.41, 5.74) is 1.35. The highest BCUT2D eigenvalue weighted by Crippen LogP contribution is 2.34. The van der Waals surface area contributed by atoms with Crippen LogP contribution in [0.2, 0.25) is 0 Å². The van der Waals surface area contributed by atoms with E-state index in [1.807, 2.05) is 6.07 Å². The van der Waals surface area contributed by atoms with Crippen molar-refractivity contribution in [2.24, 2.45) is 0 Å². The van der Waals surface area contributed by atoms with Crippen LogP contribution < -0.4 is 9.47 Å². The number of hydrogen-bond donors (Lipinski definition) is 0. The molecule has 144 valence electrons. The number of sulfonamides is 1. The van der Waals surface area contributed by atoms with E-state index in [2.05, 4.69) is 29.2 Å². The fourth-order valence-electron chi connectivity index (χ4n) is 3.53. The Kier molecular flexibility index (Phi) is 5.33. The minimum atomic E-state index is -3.50. The Balaban J connectivity index is 1.30. The second-order valence-electron chi connectivity index (χ2n) is 6.85. The summed E-state index contributed by atoms with van der Waals surface area (Å²) >= 11 is 0. The predicted octanol–water partition coefficient (Wildman–Crippen LogP) is 2.35. The molecule has 0 aliphatic carbocycles. The van der Waals surface area contributed by atoms with Gasteiger partial charge in [0.05, 0.1) is 4.90 Å². The Morgan fingerprint density at radius 3 is 2.41 bits per heavy atom. The summed E-state index contributed by atoms with van der Waals surface area (Å²) in [4.78, 5) is 2.61. The fraction of sp³-hybridized carbons (Fsp3) is 0.400. The van der Waals surface area contributed by atoms with Crippen LogP contribution in [-0.2, 0) is 16.4 Å². The third-order valence-electron chi connectivity index (χ3n) is 5.10. The lowest BCUT2D eigenvalue weighted by atomic mass is 10.1. The van der Waals surface area contributed by atoms with Crippen LogP contribution in [0.3, 0.4) is 0 Å². The fourth-order valence-corrected chi connectivity index (χ4v) is 4.97. The summed E-state index contributed by atoms with van der Waals surface area (Å²) in [5, 5.41) is 0. The van der Waals surface area contributed by atoms with Gasteiger partial charge in [0.1, 0.15) is 0 Å². The van der Waals surface area contributed by atoms with Crippen LogP contribution in [0.15, 0.2) is 53.4 Å². The third-order valence-corrected chi connectivity index (χ3v) is 6.99. The van der Waals surface area contributed by atoms with Gasteiger partial charge in [0, 0.05) is 32.2 Å². The summed E-state index contributed by atoms with van der Waals surface area (Å²) in [6.45, 7) is 3.69. The van der Waals surface area contributed by atoms with Crippen LogP contribution >= 0.6 is 0 Å². The van der Waals surface area contributed by atoms with Gasteiger partial charge < -0.3 is 14.4 Å². The van der Waals surface area contributed by atoms with E-state index >= 15 is 0 Å². The highest BCUT2D eigenvalue weighted by atomic mass is 32.2. The van der Waals surface area contributed by atoms with E-state index in [1.165, 1.54) is 5.56 Å². The molecule has 2 aliphatic heterocycles. The molecule has 2 aromatic rings. The van der Waals surface area contributed by atoms with Gasteiger partial charge in [0.25, 0.3) is 0 Å². The monoisotopic (exact) mass is 388 g/mol. The zero-order valence-electron chi connectivity index (χ0n) is 15.2. The first-order valence-corrected chi connectivity index (χ1v) is 10.7. The van der Waals surface area contributed by atoms with Crippen molar-refractivity contribution in [2.75, 3.05) is 39.5 Å². The number of hydrogen-bond acceptors (Lipinski definition) is 5. The van der Waals surface area contributed by atoms with Crippen molar-refractivity contribution in [2.45, 2.75) is 17.7 Å². The SMILES string of the molecule is O=S(=O)(c1ccc2c(c1)OCO2)N1CCN(CCCc2ccccc2)CC1. The van der Waals surface area contributed by atoms with Crippen molar-refractivity contribution < 1.29 is 17.9 Å². The van der Waals surface area contributed by atoms with Crippen LogP contribution in [0.25, 0.3) is 0 Å². The molecule has 0 saturated carbocycles. The molecular weight excluding hydrogens is 364 g/mol. The minimum absolute atomic E-state index is 0.139. The van der Waals surface area contributed by atoms with Crippen molar-refractivity contribution in [3.05, 3.63) is 54.1 Å². The molecule has 2 aromatic carbocycles. The molecule has 0 spiro atoms. The number of ether oxygens (including phenoxy) is 2. The van der Waals surface area contributed by atoms with Gasteiger partial charge in [-0.2, -0.15) is 4.31 Å². The maximum atomic E-state index is 12.9. The molecule has 2 aliphatic rings. The first-order valence-electron chi connectivity index (χ1n) is 9.29. The van der Waals surface area contributed by atoms with E-state index < -0.39 is 10.0 Å². The molecule has 1 fully saturated rings. The predicted molar refractivity (Wildman–Crippen MR) is 103 cm³/mol. The van der Waals surface area contributed by atoms with Crippen molar-refractivity contribution in [1.29, 1.82) is 0 Å². The Hall–Kier alpha value is -2.09. The molecular formula is C20H24N2O4S. The lowest BCUT2D eigenvalue weighted by molar-refractivity contribution is 0.174. The number of piperazine rings is 1. The molecule has 2 heterocycles. The van der Waals surface area contributed by atoms with Crippen LogP contribution in [0.1, 0.15) is 12.0 Å². The number of fused-ring (bicyclic) bond motifs is 1. The van der Waals surface area contributed by atoms with Gasteiger partial charge in [-0.25, -0.2) is 8.42 Å². The van der Waals surface area contributed by atoms with Gasteiger partial charge in [-0.3, -0.25) is 0 Å². The molecule has 6 nitrogen and oxygen atoms in total. The topological polar surface area (TPSA) is 59.1 Å². The summed E-state index contributed by atoms with van der Waals surface area (Å²) in [7, 11) is -3.50. The van der Waals surface area contributed by atoms with Gasteiger partial charge in [-0.05, 0) is 37.1 Å². The first-order chi connectivity index (χ1) is 13.1. The lowest BCUT2D eigenvalue weighted by Gasteiger charge is -2.34. The van der Waals surface area contributed by atoms with Gasteiger partial charge in [-0.15, -0.1) is 0 Å². The lowest BCUT2D eigenvalue weighted by Crippen LogP contribution is -2.48. The summed E-state index contributed by atoms with van der Waals surface area (Å²) in [6, 6.07) is 15.3. The number of rotatable bonds is 6. The van der Waals surface area contributed by atoms with E-state index in [4.69, 9.17) is 9.47 Å². The summed E-state index contributed by atoms with van der Waals surface area (Å²) in [6.07, 6.45) is 2.13. The van der Waals surface area contributed by atoms with Gasteiger partial charge >= 0.3 is 0 Å². The highest BCUT2D eigenvalue weighted by Gasteiger charge is 2.29. The van der Waals surface area contributed by atoms with Gasteiger partial charge in [0.2, 0.25) is 16.8 Å². The number of nitrogens with zero attached hydrogens (tertiary/aromatic N) is 2. The Morgan fingerprint density at radius 1 is 0.889 bits per heavy atom. The minimum Gasteiger partial charge on any atom is -0.454 e. The Morgan fingerprint density at radius 2 is 1.63 bits per heavy atom. The highest BCUT2D eigenvalue weighted by molar-refractivity contribution is 7.89. The van der Waals surface area contributed by atoms with Crippen molar-refractivity contribution in [3.63, 3.8) is 0 Å². The van der Waals surface area contributed by atoms with Crippen LogP contribution in [0, 0.1) is 0 Å². The maximum Gasteiger partial charge on any atom is 0.243 e. The van der Waals surface area contributed by atoms with Crippen molar-refractivity contribution >= 4 is 10.0 Å². The number of benzene rings is 2. The van der Waals surface area contributed by atoms with Gasteiger partial charge in [0.15, 0.2) is 11.5 Å². The van der Waals surface area contributed by atoms with E-state index in [9.17, 15) is 8.42 Å². The zero-order chi connectivity index (χ0) is 18.7. The Labute approximate surface area is 160 Å². The van der Waals surface area contributed by atoms with Gasteiger partial charge in [-0.1, -0.05) is 30.3 Å². The second kappa shape index (κ2) is 7.88. The molecule has 1 saturated heterocycles. The average Bonchev–Trinajstić information content (AvgIpc) is 3.17. The molecule has 27 heavy (non-hydrogen) atoms. The van der Waals surface area contributed by atoms with E-state index in [-0.39, 0.29) is 11.7 Å². The number of aryl methyl sites for hydroxylation is 1. The molecule has 0 unspecified atom stereocenters. The largest absolute Gasteiger partial charge is 0.454 e. The van der Waals surface area contributed by atoms with E-state index in [0.717, 1.165) is 32.5 Å². The zero-order valence-corrected chi connectivity index (χ0v) is 16.0. The van der Waals surface area contributed by atoms with Crippen LogP contribution in [-0.4, -0.2) is 57.1 Å². The van der Waals surface area contributed by atoms with Crippen LogP contribution in [0.5, 0.6) is 11.5 Å². The molecule has 0 atom stereocenters. The van der Waals surface area contributed by atoms with E-state index in [0.29, 0.717) is 24.6 Å². The average molecular weight is 388 g/mol. The molecule has 7 heteroatoms. The molecule has 0 bridgehead atoms. The summed E-state index contributed by atoms with van der Waals surface area (Å²) in [5.74, 6) is 1.09. The normalized spacial score (nSPS) is 17.9. The quantitative estimate of drug-likeness (QED) is 0.760. The standard InChI is InChI=1S/C20H24N2O4S/c23-27(24,18-8-9-19-20(15-18)26-16-25-19)22-13-11-21(12-14-22)10-4-7-17-5-2-1-3-6-17/h1-3,5-6,8-9,15H,4,7,10-14,16H2. The van der Waals surface area contributed by atoms with Crippen LogP contribution in [0.4, 0.5) is 0 Å². The Bertz CT molecular complexity index is 878. The molecule has 0 N–H and O–H groups in total. The van der Waals surface area contributed by atoms with Crippen molar-refractivity contribution in [1.82, 2.24) is 9.21 Å². The molecule has 0 aromatic heterocycles. The third kappa shape index (κ3) is 4.10. The molecule has 0 amide bonds. The second-order valence-corrected chi connectivity index (χ2v) is 8.79. The first kappa shape index (κ1) is 18.3. The summed E-state index contributed by atoms with van der Waals surface area (Å²) < 4.78 is 37.9. The van der Waals surface area contributed by atoms with Crippen molar-refractivity contribution in [3.8, 4) is 11.5 Å².